The molecule has 0 spiro atoms. The maximum absolute atomic E-state index is 5.80. The van der Waals surface area contributed by atoms with Crippen molar-refractivity contribution >= 4 is 11.8 Å². The zero-order chi connectivity index (χ0) is 13.2. The number of hydrazine groups is 1. The predicted octanol–water partition coefficient (Wildman–Crippen LogP) is 2.61. The largest absolute Gasteiger partial charge is 0.271 e. The first-order valence-electron chi connectivity index (χ1n) is 6.41. The summed E-state index contributed by atoms with van der Waals surface area (Å²) < 4.78 is 0. The van der Waals surface area contributed by atoms with E-state index in [9.17, 15) is 0 Å². The van der Waals surface area contributed by atoms with Crippen molar-refractivity contribution in [3.8, 4) is 0 Å². The molecule has 0 amide bonds. The van der Waals surface area contributed by atoms with Crippen molar-refractivity contribution in [3.63, 3.8) is 0 Å². The third kappa shape index (κ3) is 2.39. The molecule has 98 valence electrons. The van der Waals surface area contributed by atoms with E-state index in [0.717, 1.165) is 6.42 Å². The van der Waals surface area contributed by atoms with E-state index in [-0.39, 0.29) is 6.04 Å². The molecule has 2 aromatic rings. The van der Waals surface area contributed by atoms with Crippen LogP contribution in [0.4, 0.5) is 0 Å². The molecule has 19 heavy (non-hydrogen) atoms. The number of aryl methyl sites for hydroxylation is 1. The second kappa shape index (κ2) is 5.33. The summed E-state index contributed by atoms with van der Waals surface area (Å²) in [6, 6.07) is 10.7. The number of rotatable bonds is 3. The monoisotopic (exact) mass is 271 g/mol. The van der Waals surface area contributed by atoms with Gasteiger partial charge in [0.1, 0.15) is 0 Å². The Labute approximate surface area is 117 Å². The summed E-state index contributed by atoms with van der Waals surface area (Å²) in [6.45, 7) is 2.11. The Bertz CT molecular complexity index is 560. The van der Waals surface area contributed by atoms with E-state index in [4.69, 9.17) is 5.84 Å². The molecule has 1 aliphatic heterocycles. The lowest BCUT2D eigenvalue weighted by molar-refractivity contribution is 0.529. The number of hydrogen-bond donors (Lipinski definition) is 2. The molecule has 0 bridgehead atoms. The summed E-state index contributed by atoms with van der Waals surface area (Å²) in [6.07, 6.45) is 4.79. The van der Waals surface area contributed by atoms with Crippen LogP contribution in [0.3, 0.4) is 0 Å². The van der Waals surface area contributed by atoms with Gasteiger partial charge in [-0.3, -0.25) is 16.3 Å². The van der Waals surface area contributed by atoms with Crippen molar-refractivity contribution in [2.45, 2.75) is 29.5 Å². The number of aromatic nitrogens is 1. The van der Waals surface area contributed by atoms with E-state index in [0.29, 0.717) is 5.25 Å². The second-order valence-electron chi connectivity index (χ2n) is 4.84. The van der Waals surface area contributed by atoms with Gasteiger partial charge in [-0.25, -0.2) is 0 Å². The van der Waals surface area contributed by atoms with Crippen LogP contribution in [0.2, 0.25) is 0 Å². The Morgan fingerprint density at radius 1 is 1.37 bits per heavy atom. The van der Waals surface area contributed by atoms with Crippen molar-refractivity contribution in [2.75, 3.05) is 0 Å². The smallest absolute Gasteiger partial charge is 0.0603 e. The Hall–Kier alpha value is -1.36. The SMILES string of the molecule is Cc1ccncc1C(NN)C1Cc2ccccc2S1. The van der Waals surface area contributed by atoms with Gasteiger partial charge in [-0.1, -0.05) is 18.2 Å². The van der Waals surface area contributed by atoms with E-state index in [1.54, 1.807) is 0 Å². The van der Waals surface area contributed by atoms with Gasteiger partial charge in [-0.2, -0.15) is 0 Å². The zero-order valence-electron chi connectivity index (χ0n) is 10.8. The minimum Gasteiger partial charge on any atom is -0.271 e. The van der Waals surface area contributed by atoms with Crippen LogP contribution in [0.5, 0.6) is 0 Å². The third-order valence-corrected chi connectivity index (χ3v) is 5.03. The fraction of sp³-hybridized carbons (Fsp3) is 0.267. The van der Waals surface area contributed by atoms with Crippen molar-refractivity contribution < 1.29 is 0 Å². The molecule has 1 aliphatic rings. The number of nitrogens with two attached hydrogens (primary N) is 1. The molecule has 3 rings (SSSR count). The maximum Gasteiger partial charge on any atom is 0.0603 e. The van der Waals surface area contributed by atoms with Crippen LogP contribution in [-0.2, 0) is 6.42 Å². The maximum atomic E-state index is 5.80. The highest BCUT2D eigenvalue weighted by atomic mass is 32.2. The Balaban J connectivity index is 1.88. The Kier molecular flexibility index (Phi) is 3.55. The Morgan fingerprint density at radius 3 is 2.95 bits per heavy atom. The molecule has 4 heteroatoms. The van der Waals surface area contributed by atoms with Crippen LogP contribution in [0, 0.1) is 6.92 Å². The van der Waals surface area contributed by atoms with Gasteiger partial charge in [0, 0.05) is 22.5 Å². The van der Waals surface area contributed by atoms with Gasteiger partial charge in [-0.05, 0) is 42.2 Å². The number of nitrogens with one attached hydrogen (secondary N) is 1. The molecule has 2 atom stereocenters. The zero-order valence-corrected chi connectivity index (χ0v) is 11.7. The van der Waals surface area contributed by atoms with Crippen molar-refractivity contribution in [1.29, 1.82) is 0 Å². The molecule has 2 unspecified atom stereocenters. The van der Waals surface area contributed by atoms with Crippen LogP contribution in [0.25, 0.3) is 0 Å². The molecular formula is C15H17N3S. The molecule has 1 aromatic heterocycles. The third-order valence-electron chi connectivity index (χ3n) is 3.64. The highest BCUT2D eigenvalue weighted by molar-refractivity contribution is 8.00. The van der Waals surface area contributed by atoms with E-state index in [1.807, 2.05) is 30.2 Å². The van der Waals surface area contributed by atoms with Gasteiger partial charge in [0.25, 0.3) is 0 Å². The molecule has 0 saturated carbocycles. The van der Waals surface area contributed by atoms with Gasteiger partial charge < -0.3 is 0 Å². The van der Waals surface area contributed by atoms with E-state index in [1.165, 1.54) is 21.6 Å². The van der Waals surface area contributed by atoms with Crippen molar-refractivity contribution in [3.05, 3.63) is 59.4 Å². The van der Waals surface area contributed by atoms with Gasteiger partial charge in [-0.15, -0.1) is 11.8 Å². The summed E-state index contributed by atoms with van der Waals surface area (Å²) in [5.74, 6) is 5.80. The quantitative estimate of drug-likeness (QED) is 0.665. The lowest BCUT2D eigenvalue weighted by Crippen LogP contribution is -2.35. The summed E-state index contributed by atoms with van der Waals surface area (Å²) in [4.78, 5) is 5.60. The van der Waals surface area contributed by atoms with E-state index < -0.39 is 0 Å². The van der Waals surface area contributed by atoms with Gasteiger partial charge >= 0.3 is 0 Å². The Morgan fingerprint density at radius 2 is 2.21 bits per heavy atom. The first-order valence-corrected chi connectivity index (χ1v) is 7.29. The van der Waals surface area contributed by atoms with Gasteiger partial charge in [0.15, 0.2) is 0 Å². The number of hydrogen-bond acceptors (Lipinski definition) is 4. The summed E-state index contributed by atoms with van der Waals surface area (Å²) in [5, 5.41) is 0.422. The van der Waals surface area contributed by atoms with Gasteiger partial charge in [0.05, 0.1) is 6.04 Å². The first-order chi connectivity index (χ1) is 9.29. The lowest BCUT2D eigenvalue weighted by atomic mass is 9.97. The average molecular weight is 271 g/mol. The molecule has 0 fully saturated rings. The molecule has 1 aromatic carbocycles. The summed E-state index contributed by atoms with van der Waals surface area (Å²) >= 11 is 1.90. The van der Waals surface area contributed by atoms with Crippen LogP contribution in [-0.4, -0.2) is 10.2 Å². The second-order valence-corrected chi connectivity index (χ2v) is 6.13. The number of pyridine rings is 1. The summed E-state index contributed by atoms with van der Waals surface area (Å²) in [5.41, 5.74) is 6.81. The van der Waals surface area contributed by atoms with Crippen LogP contribution < -0.4 is 11.3 Å². The highest BCUT2D eigenvalue weighted by Crippen LogP contribution is 2.42. The first kappa shape index (κ1) is 12.7. The fourth-order valence-electron chi connectivity index (χ4n) is 2.59. The van der Waals surface area contributed by atoms with Crippen molar-refractivity contribution in [1.82, 2.24) is 10.4 Å². The topological polar surface area (TPSA) is 50.9 Å². The van der Waals surface area contributed by atoms with E-state index in [2.05, 4.69) is 41.6 Å². The average Bonchev–Trinajstić information content (AvgIpc) is 2.85. The highest BCUT2D eigenvalue weighted by Gasteiger charge is 2.30. The fourth-order valence-corrected chi connectivity index (χ4v) is 4.00. The number of nitrogens with zero attached hydrogens (tertiary/aromatic N) is 1. The summed E-state index contributed by atoms with van der Waals surface area (Å²) in [7, 11) is 0. The molecule has 0 radical (unpaired) electrons. The molecule has 3 nitrogen and oxygen atoms in total. The minimum absolute atomic E-state index is 0.131. The number of thioether (sulfide) groups is 1. The van der Waals surface area contributed by atoms with Gasteiger partial charge in [0.2, 0.25) is 0 Å². The number of benzene rings is 1. The predicted molar refractivity (Wildman–Crippen MR) is 78.8 cm³/mol. The molecule has 0 saturated heterocycles. The van der Waals surface area contributed by atoms with Crippen molar-refractivity contribution in [2.24, 2.45) is 5.84 Å². The molecule has 3 N–H and O–H groups in total. The van der Waals surface area contributed by atoms with E-state index >= 15 is 0 Å². The van der Waals surface area contributed by atoms with Crippen LogP contribution >= 0.6 is 11.8 Å². The van der Waals surface area contributed by atoms with Crippen LogP contribution in [0.15, 0.2) is 47.6 Å². The van der Waals surface area contributed by atoms with Crippen LogP contribution in [0.1, 0.15) is 22.7 Å². The molecule has 2 heterocycles. The number of fused-ring (bicyclic) bond motifs is 1. The molecule has 0 aliphatic carbocycles. The lowest BCUT2D eigenvalue weighted by Gasteiger charge is -2.23. The molecular weight excluding hydrogens is 254 g/mol. The standard InChI is InChI=1S/C15H17N3S/c1-10-6-7-17-9-12(10)15(18-16)14-8-11-4-2-3-5-13(11)19-14/h2-7,9,14-15,18H,8,16H2,1H3. The normalized spacial score (nSPS) is 19.2. The minimum atomic E-state index is 0.131.